The number of nitrogens with zero attached hydrogens (tertiary/aromatic N) is 1. The van der Waals surface area contributed by atoms with Gasteiger partial charge in [0, 0.05) is 12.8 Å². The zero-order valence-electron chi connectivity index (χ0n) is 44.8. The van der Waals surface area contributed by atoms with Crippen molar-refractivity contribution in [3.8, 4) is 0 Å². The van der Waals surface area contributed by atoms with E-state index in [1.54, 1.807) is 0 Å². The van der Waals surface area contributed by atoms with Crippen LogP contribution in [0.5, 0.6) is 0 Å². The number of ether oxygens (including phenoxy) is 2. The third-order valence-corrected chi connectivity index (χ3v) is 13.0. The summed E-state index contributed by atoms with van der Waals surface area (Å²) in [4.78, 5) is 35.6. The van der Waals surface area contributed by atoms with Crippen LogP contribution in [0.25, 0.3) is 0 Å². The van der Waals surface area contributed by atoms with E-state index in [0.29, 0.717) is 17.4 Å². The van der Waals surface area contributed by atoms with Crippen molar-refractivity contribution >= 4 is 19.8 Å². The Morgan fingerprint density at radius 3 is 1.25 bits per heavy atom. The minimum absolute atomic E-state index is 0.0282. The molecule has 1 N–H and O–H groups in total. The number of hydrogen-bond acceptors (Lipinski definition) is 7. The van der Waals surface area contributed by atoms with E-state index in [1.807, 2.05) is 21.1 Å². The number of carbonyl (C=O) groups is 2. The summed E-state index contributed by atoms with van der Waals surface area (Å²) in [6, 6.07) is 0. The van der Waals surface area contributed by atoms with Gasteiger partial charge in [0.15, 0.2) is 6.10 Å². The number of unbranched alkanes of at least 4 members (excludes halogenated alkanes) is 27. The van der Waals surface area contributed by atoms with E-state index in [9.17, 15) is 19.0 Å². The lowest BCUT2D eigenvalue weighted by Crippen LogP contribution is -2.37. The Labute approximate surface area is 419 Å². The van der Waals surface area contributed by atoms with Gasteiger partial charge in [-0.15, -0.1) is 0 Å². The van der Waals surface area contributed by atoms with Crippen molar-refractivity contribution in [2.45, 2.75) is 251 Å². The predicted octanol–water partition coefficient (Wildman–Crippen LogP) is 17.1. The van der Waals surface area contributed by atoms with Crippen LogP contribution in [0, 0.1) is 0 Å². The average Bonchev–Trinajstić information content (AvgIpc) is 3.30. The molecule has 68 heavy (non-hydrogen) atoms. The largest absolute Gasteiger partial charge is 0.472 e. The maximum atomic E-state index is 12.8. The Hall–Kier alpha value is -2.29. The normalized spacial score (nSPS) is 13.8. The molecule has 10 heteroatoms. The lowest BCUT2D eigenvalue weighted by Gasteiger charge is -2.24. The van der Waals surface area contributed by atoms with Crippen LogP contribution < -0.4 is 0 Å². The molecule has 396 valence electrons. The Kier molecular flexibility index (Phi) is 48.0. The van der Waals surface area contributed by atoms with Gasteiger partial charge in [-0.3, -0.25) is 18.6 Å². The number of phosphoric acid groups is 1. The first-order valence-corrected chi connectivity index (χ1v) is 29.5. The standard InChI is InChI=1S/C58H106NO8P/c1-6-8-10-12-14-16-18-20-22-24-25-26-27-28-29-30-31-32-33-35-36-38-40-42-44-46-48-50-57(60)64-54-56(55-66-68(62,63)65-53-52-59(3,4)5)67-58(61)51-49-47-45-43-41-39-37-34-23-21-19-17-15-13-11-9-7-2/h9,11,15,17-18,20-21,23-25,56H,6-8,10,12-14,16,19,22,26-55H2,1-5H3/p+1/b11-9-,17-15-,20-18-,23-21-,25-24-. The molecule has 0 heterocycles. The minimum atomic E-state index is -4.39. The van der Waals surface area contributed by atoms with Gasteiger partial charge in [-0.2, -0.15) is 0 Å². The highest BCUT2D eigenvalue weighted by molar-refractivity contribution is 7.47. The monoisotopic (exact) mass is 977 g/mol. The SMILES string of the molecule is CC/C=C\C/C=C\C/C=C\CCCCCCCCCC(=O)OC(COC(=O)CCCCCCCCCCCCCCCCC/C=C\C/C=C\CCCCCCC)COP(=O)(O)OCC[N+](C)(C)C. The second-order valence-corrected chi connectivity index (χ2v) is 21.4. The molecule has 0 saturated heterocycles. The molecule has 0 spiro atoms. The van der Waals surface area contributed by atoms with Crippen LogP contribution in [0.15, 0.2) is 60.8 Å². The van der Waals surface area contributed by atoms with Crippen molar-refractivity contribution in [2.75, 3.05) is 47.5 Å². The summed E-state index contributed by atoms with van der Waals surface area (Å²) in [5.41, 5.74) is 0. The van der Waals surface area contributed by atoms with Crippen molar-refractivity contribution in [2.24, 2.45) is 0 Å². The van der Waals surface area contributed by atoms with Crippen LogP contribution in [0.2, 0.25) is 0 Å². The first-order chi connectivity index (χ1) is 33.0. The third-order valence-electron chi connectivity index (χ3n) is 12.0. The molecule has 2 atom stereocenters. The Morgan fingerprint density at radius 1 is 0.471 bits per heavy atom. The summed E-state index contributed by atoms with van der Waals surface area (Å²) in [7, 11) is 1.47. The van der Waals surface area contributed by atoms with Gasteiger partial charge in [0.2, 0.25) is 0 Å². The molecule has 0 bridgehead atoms. The van der Waals surface area contributed by atoms with E-state index < -0.39 is 26.5 Å². The van der Waals surface area contributed by atoms with Crippen molar-refractivity contribution in [1.82, 2.24) is 0 Å². The molecule has 0 aliphatic heterocycles. The average molecular weight is 977 g/mol. The van der Waals surface area contributed by atoms with Gasteiger partial charge in [-0.25, -0.2) is 4.57 Å². The van der Waals surface area contributed by atoms with E-state index in [2.05, 4.69) is 74.6 Å². The molecule has 0 aromatic carbocycles. The number of carbonyl (C=O) groups excluding carboxylic acids is 2. The van der Waals surface area contributed by atoms with Gasteiger partial charge >= 0.3 is 19.8 Å². The summed E-state index contributed by atoms with van der Waals surface area (Å²) < 4.78 is 34.5. The van der Waals surface area contributed by atoms with Gasteiger partial charge in [-0.05, 0) is 77.0 Å². The molecule has 9 nitrogen and oxygen atoms in total. The van der Waals surface area contributed by atoms with Crippen LogP contribution in [0.4, 0.5) is 0 Å². The van der Waals surface area contributed by atoms with Crippen LogP contribution in [0.1, 0.15) is 245 Å². The summed E-state index contributed by atoms with van der Waals surface area (Å²) in [6.45, 7) is 4.32. The summed E-state index contributed by atoms with van der Waals surface area (Å²) >= 11 is 0. The summed E-state index contributed by atoms with van der Waals surface area (Å²) in [6.07, 6.45) is 62.9. The van der Waals surface area contributed by atoms with Crippen molar-refractivity contribution in [3.63, 3.8) is 0 Å². The lowest BCUT2D eigenvalue weighted by atomic mass is 10.0. The topological polar surface area (TPSA) is 108 Å². The molecule has 0 aromatic heterocycles. The fourth-order valence-corrected chi connectivity index (χ4v) is 8.45. The Morgan fingerprint density at radius 2 is 0.838 bits per heavy atom. The van der Waals surface area contributed by atoms with Gasteiger partial charge in [0.05, 0.1) is 27.7 Å². The summed E-state index contributed by atoms with van der Waals surface area (Å²) in [5, 5.41) is 0. The van der Waals surface area contributed by atoms with Crippen LogP contribution in [-0.2, 0) is 32.7 Å². The van der Waals surface area contributed by atoms with Gasteiger partial charge in [0.1, 0.15) is 19.8 Å². The molecule has 0 fully saturated rings. The number of allylic oxidation sites excluding steroid dienone is 10. The highest BCUT2D eigenvalue weighted by Crippen LogP contribution is 2.43. The van der Waals surface area contributed by atoms with Crippen molar-refractivity contribution in [3.05, 3.63) is 60.8 Å². The van der Waals surface area contributed by atoms with E-state index >= 15 is 0 Å². The van der Waals surface area contributed by atoms with E-state index in [1.165, 1.54) is 141 Å². The molecule has 2 unspecified atom stereocenters. The highest BCUT2D eigenvalue weighted by Gasteiger charge is 2.27. The second kappa shape index (κ2) is 49.7. The van der Waals surface area contributed by atoms with E-state index in [4.69, 9.17) is 18.5 Å². The molecule has 0 aliphatic carbocycles. The molecule has 0 radical (unpaired) electrons. The number of esters is 2. The fraction of sp³-hybridized carbons (Fsp3) is 0.793. The molecule has 0 amide bonds. The first kappa shape index (κ1) is 65.7. The quantitative estimate of drug-likeness (QED) is 0.0211. The molecule has 0 aromatic rings. The zero-order valence-corrected chi connectivity index (χ0v) is 45.7. The zero-order chi connectivity index (χ0) is 49.9. The second-order valence-electron chi connectivity index (χ2n) is 19.9. The van der Waals surface area contributed by atoms with Crippen molar-refractivity contribution < 1.29 is 42.1 Å². The van der Waals surface area contributed by atoms with Crippen molar-refractivity contribution in [1.29, 1.82) is 0 Å². The fourth-order valence-electron chi connectivity index (χ4n) is 7.71. The smallest absolute Gasteiger partial charge is 0.462 e. The first-order valence-electron chi connectivity index (χ1n) is 28.0. The molecular weight excluding hydrogens is 870 g/mol. The van der Waals surface area contributed by atoms with E-state index in [-0.39, 0.29) is 32.0 Å². The number of rotatable bonds is 51. The van der Waals surface area contributed by atoms with Crippen LogP contribution in [-0.4, -0.2) is 74.9 Å². The van der Waals surface area contributed by atoms with Crippen LogP contribution in [0.3, 0.4) is 0 Å². The van der Waals surface area contributed by atoms with Gasteiger partial charge < -0.3 is 18.9 Å². The van der Waals surface area contributed by atoms with Gasteiger partial charge in [-0.1, -0.05) is 216 Å². The van der Waals surface area contributed by atoms with Crippen LogP contribution >= 0.6 is 7.82 Å². The molecule has 0 aliphatic rings. The maximum Gasteiger partial charge on any atom is 0.472 e. The lowest BCUT2D eigenvalue weighted by molar-refractivity contribution is -0.870. The Balaban J connectivity index is 4.13. The third kappa shape index (κ3) is 53.1. The number of quaternary nitrogens is 1. The highest BCUT2D eigenvalue weighted by atomic mass is 31.2. The van der Waals surface area contributed by atoms with Gasteiger partial charge in [0.25, 0.3) is 0 Å². The maximum absolute atomic E-state index is 12.8. The molecular formula is C58H107NO8P+. The van der Waals surface area contributed by atoms with E-state index in [0.717, 1.165) is 70.6 Å². The molecule has 0 saturated carbocycles. The predicted molar refractivity (Wildman–Crippen MR) is 289 cm³/mol. The number of hydrogen-bond donors (Lipinski definition) is 1. The molecule has 0 rings (SSSR count). The minimum Gasteiger partial charge on any atom is -0.462 e. The Bertz CT molecular complexity index is 1340. The number of likely N-dealkylation sites (N-methyl/N-ethyl adjacent to an activating group) is 1. The summed E-state index contributed by atoms with van der Waals surface area (Å²) in [5.74, 6) is -0.805. The number of phosphoric ester groups is 1.